The van der Waals surface area contributed by atoms with Crippen LogP contribution in [-0.4, -0.2) is 56.7 Å². The highest BCUT2D eigenvalue weighted by atomic mass is 16.5. The Kier molecular flexibility index (Phi) is 5.96. The molecule has 6 heteroatoms. The Morgan fingerprint density at radius 3 is 2.33 bits per heavy atom. The Hall–Kier alpha value is -3.02. The van der Waals surface area contributed by atoms with Gasteiger partial charge in [0.25, 0.3) is 5.91 Å². The first-order chi connectivity index (χ1) is 13.1. The number of amides is 1. The number of hydrogen-bond acceptors (Lipinski definition) is 5. The lowest BCUT2D eigenvalue weighted by Crippen LogP contribution is -2.50. The van der Waals surface area contributed by atoms with Gasteiger partial charge in [-0.25, -0.2) is 4.79 Å². The van der Waals surface area contributed by atoms with Crippen LogP contribution in [-0.2, 0) is 9.53 Å². The molecule has 0 spiro atoms. The van der Waals surface area contributed by atoms with Gasteiger partial charge in [-0.3, -0.25) is 4.79 Å². The molecule has 1 saturated heterocycles. The van der Waals surface area contributed by atoms with Crippen LogP contribution in [0.25, 0.3) is 0 Å². The molecule has 3 rings (SSSR count). The molecular formula is C21H24N2O4. The summed E-state index contributed by atoms with van der Waals surface area (Å²) in [5.41, 5.74) is 2.88. The van der Waals surface area contributed by atoms with Gasteiger partial charge in [0.2, 0.25) is 0 Å². The van der Waals surface area contributed by atoms with E-state index in [1.165, 1.54) is 18.4 Å². The Morgan fingerprint density at radius 1 is 1.00 bits per heavy atom. The van der Waals surface area contributed by atoms with E-state index in [4.69, 9.17) is 4.74 Å². The highest BCUT2D eigenvalue weighted by Gasteiger charge is 2.21. The summed E-state index contributed by atoms with van der Waals surface area (Å²) in [7, 11) is 1.34. The van der Waals surface area contributed by atoms with Crippen LogP contribution in [0.15, 0.2) is 48.5 Å². The van der Waals surface area contributed by atoms with Crippen molar-refractivity contribution in [3.63, 3.8) is 0 Å². The summed E-state index contributed by atoms with van der Waals surface area (Å²) in [4.78, 5) is 27.9. The Labute approximate surface area is 159 Å². The molecule has 1 fully saturated rings. The first-order valence-corrected chi connectivity index (χ1v) is 8.97. The quantitative estimate of drug-likeness (QED) is 0.759. The van der Waals surface area contributed by atoms with Crippen LogP contribution < -0.4 is 9.64 Å². The molecular weight excluding hydrogens is 344 g/mol. The molecule has 2 aromatic rings. The second kappa shape index (κ2) is 8.58. The first kappa shape index (κ1) is 18.8. The van der Waals surface area contributed by atoms with Crippen molar-refractivity contribution in [1.29, 1.82) is 0 Å². The lowest BCUT2D eigenvalue weighted by molar-refractivity contribution is -0.133. The average Bonchev–Trinajstić information content (AvgIpc) is 2.72. The summed E-state index contributed by atoms with van der Waals surface area (Å²) < 4.78 is 10.2. The van der Waals surface area contributed by atoms with Crippen LogP contribution in [0.1, 0.15) is 15.9 Å². The molecule has 1 aliphatic rings. The average molecular weight is 368 g/mol. The minimum Gasteiger partial charge on any atom is -0.484 e. The van der Waals surface area contributed by atoms with Gasteiger partial charge in [-0.2, -0.15) is 0 Å². The molecule has 0 atom stereocenters. The fourth-order valence-corrected chi connectivity index (χ4v) is 3.08. The third-order valence-electron chi connectivity index (χ3n) is 4.64. The van der Waals surface area contributed by atoms with Gasteiger partial charge in [0.15, 0.2) is 6.61 Å². The van der Waals surface area contributed by atoms with E-state index in [2.05, 4.69) is 40.8 Å². The molecule has 142 valence electrons. The van der Waals surface area contributed by atoms with Crippen molar-refractivity contribution >= 4 is 17.6 Å². The fourth-order valence-electron chi connectivity index (χ4n) is 3.08. The number of methoxy groups -OCH3 is 1. The van der Waals surface area contributed by atoms with Gasteiger partial charge in [0, 0.05) is 31.9 Å². The summed E-state index contributed by atoms with van der Waals surface area (Å²) in [6.45, 7) is 5.04. The van der Waals surface area contributed by atoms with Gasteiger partial charge in [0.1, 0.15) is 5.75 Å². The molecule has 0 N–H and O–H groups in total. The number of hydrogen-bond donors (Lipinski definition) is 0. The van der Waals surface area contributed by atoms with Crippen LogP contribution in [0, 0.1) is 6.92 Å². The third-order valence-corrected chi connectivity index (χ3v) is 4.64. The molecule has 27 heavy (non-hydrogen) atoms. The molecule has 1 aliphatic heterocycles. The standard InChI is InChI=1S/C21H24N2O4/c1-16-4-3-5-18(14-16)22-10-12-23(13-11-22)20(24)15-27-19-8-6-17(7-9-19)21(25)26-2/h3-9,14H,10-13,15H2,1-2H3. The van der Waals surface area contributed by atoms with E-state index in [9.17, 15) is 9.59 Å². The summed E-state index contributed by atoms with van der Waals surface area (Å²) in [5.74, 6) is 0.120. The zero-order valence-corrected chi connectivity index (χ0v) is 15.7. The minimum atomic E-state index is -0.399. The number of esters is 1. The molecule has 1 heterocycles. The van der Waals surface area contributed by atoms with E-state index < -0.39 is 5.97 Å². The molecule has 0 aliphatic carbocycles. The second-order valence-electron chi connectivity index (χ2n) is 6.51. The minimum absolute atomic E-state index is 0.0119. The maximum Gasteiger partial charge on any atom is 0.337 e. The van der Waals surface area contributed by atoms with Crippen LogP contribution in [0.3, 0.4) is 0 Å². The number of aryl methyl sites for hydroxylation is 1. The first-order valence-electron chi connectivity index (χ1n) is 8.97. The van der Waals surface area contributed by atoms with E-state index in [0.717, 1.165) is 13.1 Å². The zero-order valence-electron chi connectivity index (χ0n) is 15.7. The summed E-state index contributed by atoms with van der Waals surface area (Å²) in [6.07, 6.45) is 0. The Balaban J connectivity index is 1.47. The van der Waals surface area contributed by atoms with Gasteiger partial charge in [-0.15, -0.1) is 0 Å². The van der Waals surface area contributed by atoms with Crippen molar-refractivity contribution in [1.82, 2.24) is 4.90 Å². The van der Waals surface area contributed by atoms with E-state index in [1.54, 1.807) is 24.3 Å². The lowest BCUT2D eigenvalue weighted by atomic mass is 10.2. The molecule has 0 saturated carbocycles. The van der Waals surface area contributed by atoms with Crippen LogP contribution >= 0.6 is 0 Å². The molecule has 0 radical (unpaired) electrons. The maximum atomic E-state index is 12.4. The number of carbonyl (C=O) groups excluding carboxylic acids is 2. The summed E-state index contributed by atoms with van der Waals surface area (Å²) >= 11 is 0. The van der Waals surface area contributed by atoms with Gasteiger partial charge in [-0.1, -0.05) is 12.1 Å². The largest absolute Gasteiger partial charge is 0.484 e. The number of piperazine rings is 1. The molecule has 2 aromatic carbocycles. The number of carbonyl (C=O) groups is 2. The lowest BCUT2D eigenvalue weighted by Gasteiger charge is -2.36. The predicted molar refractivity (Wildman–Crippen MR) is 103 cm³/mol. The highest BCUT2D eigenvalue weighted by Crippen LogP contribution is 2.18. The molecule has 1 amide bonds. The fraction of sp³-hybridized carbons (Fsp3) is 0.333. The monoisotopic (exact) mass is 368 g/mol. The van der Waals surface area contributed by atoms with Gasteiger partial charge < -0.3 is 19.3 Å². The number of ether oxygens (including phenoxy) is 2. The molecule has 6 nitrogen and oxygen atoms in total. The number of benzene rings is 2. The SMILES string of the molecule is COC(=O)c1ccc(OCC(=O)N2CCN(c3cccc(C)c3)CC2)cc1. The van der Waals surface area contributed by atoms with Crippen molar-refractivity contribution in [3.05, 3.63) is 59.7 Å². The smallest absolute Gasteiger partial charge is 0.337 e. The van der Waals surface area contributed by atoms with Crippen molar-refractivity contribution in [2.75, 3.05) is 44.8 Å². The Morgan fingerprint density at radius 2 is 1.70 bits per heavy atom. The van der Waals surface area contributed by atoms with Crippen molar-refractivity contribution < 1.29 is 19.1 Å². The van der Waals surface area contributed by atoms with Gasteiger partial charge in [-0.05, 0) is 48.9 Å². The molecule has 0 unspecified atom stereocenters. The number of nitrogens with zero attached hydrogens (tertiary/aromatic N) is 2. The Bertz CT molecular complexity index is 796. The molecule has 0 aromatic heterocycles. The molecule has 0 bridgehead atoms. The maximum absolute atomic E-state index is 12.4. The second-order valence-corrected chi connectivity index (χ2v) is 6.51. The van der Waals surface area contributed by atoms with Crippen molar-refractivity contribution in [2.24, 2.45) is 0 Å². The third kappa shape index (κ3) is 4.78. The van der Waals surface area contributed by atoms with Crippen LogP contribution in [0.5, 0.6) is 5.75 Å². The van der Waals surface area contributed by atoms with Gasteiger partial charge >= 0.3 is 5.97 Å². The normalized spacial score (nSPS) is 14.0. The van der Waals surface area contributed by atoms with Gasteiger partial charge in [0.05, 0.1) is 12.7 Å². The summed E-state index contributed by atoms with van der Waals surface area (Å²) in [5, 5.41) is 0. The van der Waals surface area contributed by atoms with Crippen molar-refractivity contribution in [3.8, 4) is 5.75 Å². The zero-order chi connectivity index (χ0) is 19.2. The predicted octanol–water partition coefficient (Wildman–Crippen LogP) is 2.51. The topological polar surface area (TPSA) is 59.1 Å². The number of anilines is 1. The van der Waals surface area contributed by atoms with Crippen molar-refractivity contribution in [2.45, 2.75) is 6.92 Å². The summed E-state index contributed by atoms with van der Waals surface area (Å²) in [6, 6.07) is 15.0. The number of rotatable bonds is 5. The van der Waals surface area contributed by atoms with Crippen LogP contribution in [0.2, 0.25) is 0 Å². The van der Waals surface area contributed by atoms with E-state index in [-0.39, 0.29) is 12.5 Å². The van der Waals surface area contributed by atoms with E-state index >= 15 is 0 Å². The van der Waals surface area contributed by atoms with E-state index in [1.807, 2.05) is 4.90 Å². The highest BCUT2D eigenvalue weighted by molar-refractivity contribution is 5.89. The van der Waals surface area contributed by atoms with E-state index in [0.29, 0.717) is 24.4 Å². The van der Waals surface area contributed by atoms with Crippen LogP contribution in [0.4, 0.5) is 5.69 Å².